The number of hydrogen-bond acceptors (Lipinski definition) is 6. The van der Waals surface area contributed by atoms with E-state index in [0.717, 1.165) is 39.0 Å². The monoisotopic (exact) mass is 774 g/mol. The molecule has 0 saturated carbocycles. The molecule has 12 rings (SSSR count). The molecule has 0 unspecified atom stereocenters. The van der Waals surface area contributed by atoms with Crippen LogP contribution in [0.3, 0.4) is 0 Å². The molecule has 0 N–H and O–H groups in total. The molecule has 58 heavy (non-hydrogen) atoms. The largest absolute Gasteiger partial charge is 0.247 e. The maximum atomic E-state index is 5.17. The van der Waals surface area contributed by atoms with Gasteiger partial charge in [-0.15, -0.1) is 22.7 Å². The van der Waals surface area contributed by atoms with Gasteiger partial charge in [0.1, 0.15) is 0 Å². The van der Waals surface area contributed by atoms with Crippen molar-refractivity contribution in [1.82, 2.24) is 19.9 Å². The Labute approximate surface area is 341 Å². The van der Waals surface area contributed by atoms with Crippen molar-refractivity contribution in [2.24, 2.45) is 0 Å². The summed E-state index contributed by atoms with van der Waals surface area (Å²) in [5.41, 5.74) is 8.34. The molecular weight excluding hydrogens is 745 g/mol. The van der Waals surface area contributed by atoms with E-state index < -0.39 is 0 Å². The zero-order valence-corrected chi connectivity index (χ0v) is 32.6. The third-order valence-corrected chi connectivity index (χ3v) is 13.5. The van der Waals surface area contributed by atoms with Gasteiger partial charge in [0.05, 0.1) is 11.2 Å². The third kappa shape index (κ3) is 5.41. The molecule has 0 aliphatic rings. The van der Waals surface area contributed by atoms with Gasteiger partial charge in [-0.25, -0.2) is 19.9 Å². The predicted octanol–water partition coefficient (Wildman–Crippen LogP) is 14.6. The number of rotatable bonds is 5. The quantitative estimate of drug-likeness (QED) is 0.163. The van der Waals surface area contributed by atoms with Crippen LogP contribution in [0, 0.1) is 0 Å². The first-order valence-electron chi connectivity index (χ1n) is 19.3. The lowest BCUT2D eigenvalue weighted by molar-refractivity contribution is 1.07. The Hall–Kier alpha value is -7.12. The first-order chi connectivity index (χ1) is 28.7. The van der Waals surface area contributed by atoms with Crippen molar-refractivity contribution in [1.29, 1.82) is 0 Å². The standard InChI is InChI=1S/C52H30N4S2/c1-3-11-32(12-4-1)48-41-27-26-39-42-29-35(24-28-45(42)58-49(39)47(41)40-16-7-9-17-43(40)53-48)31-19-21-34(22-20-31)51-54-50(33-13-5-2-6-14-33)55-52(56-51)36-23-25-38-37-15-8-10-18-44(37)57-46(38)30-36/h1-30H. The Kier molecular flexibility index (Phi) is 7.55. The molecule has 8 aromatic carbocycles. The molecule has 4 aromatic heterocycles. The van der Waals surface area contributed by atoms with Crippen molar-refractivity contribution in [3.63, 3.8) is 0 Å². The Bertz CT molecular complexity index is 3560. The number of fused-ring (bicyclic) bond motifs is 10. The van der Waals surface area contributed by atoms with Crippen molar-refractivity contribution in [2.45, 2.75) is 0 Å². The highest BCUT2D eigenvalue weighted by molar-refractivity contribution is 7.27. The molecule has 6 heteroatoms. The maximum absolute atomic E-state index is 5.17. The van der Waals surface area contributed by atoms with Crippen molar-refractivity contribution >= 4 is 84.7 Å². The fraction of sp³-hybridized carbons (Fsp3) is 0. The third-order valence-electron chi connectivity index (χ3n) is 11.1. The van der Waals surface area contributed by atoms with Gasteiger partial charge in [-0.1, -0.05) is 152 Å². The minimum atomic E-state index is 0.648. The van der Waals surface area contributed by atoms with Crippen LogP contribution in [0.15, 0.2) is 182 Å². The summed E-state index contributed by atoms with van der Waals surface area (Å²) in [6.45, 7) is 0. The summed E-state index contributed by atoms with van der Waals surface area (Å²) in [5.74, 6) is 1.96. The van der Waals surface area contributed by atoms with Crippen LogP contribution in [-0.2, 0) is 0 Å². The molecule has 0 saturated heterocycles. The van der Waals surface area contributed by atoms with Gasteiger partial charge in [0.25, 0.3) is 0 Å². The number of thiophene rings is 2. The summed E-state index contributed by atoms with van der Waals surface area (Å²) in [4.78, 5) is 20.3. The minimum absolute atomic E-state index is 0.648. The molecule has 0 atom stereocenters. The Morgan fingerprint density at radius 2 is 0.845 bits per heavy atom. The van der Waals surface area contributed by atoms with Gasteiger partial charge in [-0.3, -0.25) is 0 Å². The summed E-state index contributed by atoms with van der Waals surface area (Å²) >= 11 is 3.66. The van der Waals surface area contributed by atoms with Crippen LogP contribution in [-0.4, -0.2) is 19.9 Å². The lowest BCUT2D eigenvalue weighted by Crippen LogP contribution is -2.00. The van der Waals surface area contributed by atoms with Crippen molar-refractivity contribution in [3.05, 3.63) is 182 Å². The predicted molar refractivity (Wildman–Crippen MR) is 246 cm³/mol. The maximum Gasteiger partial charge on any atom is 0.164 e. The van der Waals surface area contributed by atoms with Crippen LogP contribution in [0.1, 0.15) is 0 Å². The number of aromatic nitrogens is 4. The molecule has 0 spiro atoms. The Morgan fingerprint density at radius 3 is 1.64 bits per heavy atom. The number of nitrogens with zero attached hydrogens (tertiary/aromatic N) is 4. The second kappa shape index (κ2) is 13.2. The molecule has 0 amide bonds. The summed E-state index contributed by atoms with van der Waals surface area (Å²) in [6.07, 6.45) is 0. The molecule has 0 fully saturated rings. The normalized spacial score (nSPS) is 11.8. The van der Waals surface area contributed by atoms with Crippen LogP contribution in [0.2, 0.25) is 0 Å². The summed E-state index contributed by atoms with van der Waals surface area (Å²) in [5, 5.41) is 8.68. The van der Waals surface area contributed by atoms with Crippen LogP contribution in [0.5, 0.6) is 0 Å². The number of hydrogen-bond donors (Lipinski definition) is 0. The second-order valence-corrected chi connectivity index (χ2v) is 16.7. The number of benzene rings is 8. The Balaban J connectivity index is 0.952. The molecule has 0 aliphatic carbocycles. The summed E-state index contributed by atoms with van der Waals surface area (Å²) < 4.78 is 5.06. The number of para-hydroxylation sites is 1. The van der Waals surface area contributed by atoms with Crippen LogP contribution in [0.25, 0.3) is 119 Å². The highest BCUT2D eigenvalue weighted by atomic mass is 32.1. The van der Waals surface area contributed by atoms with E-state index in [0.29, 0.717) is 17.5 Å². The van der Waals surface area contributed by atoms with Gasteiger partial charge in [0, 0.05) is 78.8 Å². The number of pyridine rings is 1. The van der Waals surface area contributed by atoms with E-state index in [9.17, 15) is 0 Å². The lowest BCUT2D eigenvalue weighted by Gasteiger charge is -2.11. The zero-order chi connectivity index (χ0) is 38.2. The van der Waals surface area contributed by atoms with Crippen molar-refractivity contribution in [3.8, 4) is 56.5 Å². The summed E-state index contributed by atoms with van der Waals surface area (Å²) in [6, 6.07) is 64.4. The van der Waals surface area contributed by atoms with Crippen LogP contribution < -0.4 is 0 Å². The van der Waals surface area contributed by atoms with Gasteiger partial charge >= 0.3 is 0 Å². The highest BCUT2D eigenvalue weighted by Crippen LogP contribution is 2.44. The topological polar surface area (TPSA) is 51.6 Å². The average molecular weight is 775 g/mol. The van der Waals surface area contributed by atoms with E-state index >= 15 is 0 Å². The van der Waals surface area contributed by atoms with Gasteiger partial charge < -0.3 is 0 Å². The van der Waals surface area contributed by atoms with E-state index in [1.54, 1.807) is 11.3 Å². The van der Waals surface area contributed by atoms with E-state index in [1.807, 2.05) is 29.5 Å². The molecule has 4 nitrogen and oxygen atoms in total. The minimum Gasteiger partial charge on any atom is -0.247 e. The van der Waals surface area contributed by atoms with E-state index in [2.05, 4.69) is 164 Å². The fourth-order valence-electron chi connectivity index (χ4n) is 8.29. The molecule has 0 aliphatic heterocycles. The average Bonchev–Trinajstić information content (AvgIpc) is 3.87. The first-order valence-corrected chi connectivity index (χ1v) is 20.9. The van der Waals surface area contributed by atoms with E-state index in [-0.39, 0.29) is 0 Å². The first kappa shape index (κ1) is 33.1. The van der Waals surface area contributed by atoms with E-state index in [1.165, 1.54) is 62.1 Å². The SMILES string of the molecule is c1ccc(-c2nc(-c3ccc(-c4ccc5sc6c(ccc7c(-c8ccccc8)nc8ccccc8c76)c5c4)cc3)nc(-c3ccc4c(c3)sc3ccccc34)n2)cc1. The molecule has 0 bridgehead atoms. The highest BCUT2D eigenvalue weighted by Gasteiger charge is 2.18. The second-order valence-electron chi connectivity index (χ2n) is 14.6. The molecule has 270 valence electrons. The van der Waals surface area contributed by atoms with Gasteiger partial charge in [0.2, 0.25) is 0 Å². The summed E-state index contributed by atoms with van der Waals surface area (Å²) in [7, 11) is 0. The lowest BCUT2D eigenvalue weighted by atomic mass is 9.97. The van der Waals surface area contributed by atoms with Gasteiger partial charge in [-0.2, -0.15) is 0 Å². The Morgan fingerprint density at radius 1 is 0.293 bits per heavy atom. The van der Waals surface area contributed by atoms with Crippen LogP contribution >= 0.6 is 22.7 Å². The molecule has 4 heterocycles. The van der Waals surface area contributed by atoms with Gasteiger partial charge in [-0.05, 0) is 41.5 Å². The smallest absolute Gasteiger partial charge is 0.164 e. The fourth-order valence-corrected chi connectivity index (χ4v) is 10.7. The molecule has 12 aromatic rings. The zero-order valence-electron chi connectivity index (χ0n) is 30.9. The van der Waals surface area contributed by atoms with E-state index in [4.69, 9.17) is 19.9 Å². The van der Waals surface area contributed by atoms with Crippen LogP contribution in [0.4, 0.5) is 0 Å². The van der Waals surface area contributed by atoms with Crippen molar-refractivity contribution in [2.75, 3.05) is 0 Å². The van der Waals surface area contributed by atoms with Crippen molar-refractivity contribution < 1.29 is 0 Å². The molecular formula is C52H30N4S2. The molecule has 0 radical (unpaired) electrons. The van der Waals surface area contributed by atoms with Gasteiger partial charge in [0.15, 0.2) is 17.5 Å².